The van der Waals surface area contributed by atoms with Gasteiger partial charge in [-0.2, -0.15) is 4.37 Å². The van der Waals surface area contributed by atoms with Crippen molar-refractivity contribution in [1.82, 2.24) is 4.37 Å². The van der Waals surface area contributed by atoms with E-state index in [0.717, 1.165) is 30.7 Å². The van der Waals surface area contributed by atoms with E-state index in [1.54, 1.807) is 0 Å². The first kappa shape index (κ1) is 14.4. The van der Waals surface area contributed by atoms with Crippen LogP contribution in [0.1, 0.15) is 46.0 Å². The summed E-state index contributed by atoms with van der Waals surface area (Å²) in [5.74, 6) is 1.02. The van der Waals surface area contributed by atoms with Crippen LogP contribution in [0.2, 0.25) is 0 Å². The van der Waals surface area contributed by atoms with E-state index in [0.29, 0.717) is 18.1 Å². The molecule has 0 radical (unpaired) electrons. The number of hydrogen-bond acceptors (Lipinski definition) is 6. The fourth-order valence-corrected chi connectivity index (χ4v) is 3.03. The van der Waals surface area contributed by atoms with Gasteiger partial charge in [0.25, 0.3) is 0 Å². The molecule has 108 valence electrons. The van der Waals surface area contributed by atoms with Crippen LogP contribution in [0.4, 0.5) is 10.8 Å². The molecule has 4 N–H and O–H groups in total. The minimum Gasteiger partial charge on any atom is -0.484 e. The maximum atomic E-state index is 10.5. The molecule has 0 aliphatic heterocycles. The number of hydrogen-bond donors (Lipinski definition) is 3. The van der Waals surface area contributed by atoms with Crippen LogP contribution < -0.4 is 15.8 Å². The van der Waals surface area contributed by atoms with Crippen LogP contribution in [0.25, 0.3) is 0 Å². The number of nitrogens with two attached hydrogens (primary N) is 1. The zero-order valence-electron chi connectivity index (χ0n) is 11.6. The van der Waals surface area contributed by atoms with Gasteiger partial charge in [-0.1, -0.05) is 19.3 Å². The minimum atomic E-state index is -0.605. The van der Waals surface area contributed by atoms with Gasteiger partial charge in [-0.3, -0.25) is 0 Å². The molecule has 0 aromatic carbocycles. The van der Waals surface area contributed by atoms with E-state index < -0.39 is 5.60 Å². The van der Waals surface area contributed by atoms with Gasteiger partial charge in [-0.15, -0.1) is 0 Å². The van der Waals surface area contributed by atoms with Crippen molar-refractivity contribution in [1.29, 1.82) is 0 Å². The maximum absolute atomic E-state index is 10.5. The average molecular weight is 285 g/mol. The van der Waals surface area contributed by atoms with Gasteiger partial charge in [0.15, 0.2) is 16.6 Å². The molecule has 0 saturated heterocycles. The van der Waals surface area contributed by atoms with E-state index in [4.69, 9.17) is 10.5 Å². The summed E-state index contributed by atoms with van der Waals surface area (Å²) in [4.78, 5) is 0. The Morgan fingerprint density at radius 2 is 2.11 bits per heavy atom. The predicted molar refractivity (Wildman–Crippen MR) is 78.8 cm³/mol. The molecule has 6 heteroatoms. The van der Waals surface area contributed by atoms with Crippen molar-refractivity contribution in [3.63, 3.8) is 0 Å². The lowest BCUT2D eigenvalue weighted by molar-refractivity contribution is 0.0167. The van der Waals surface area contributed by atoms with E-state index in [1.807, 2.05) is 13.8 Å². The van der Waals surface area contributed by atoms with Crippen LogP contribution in [0.5, 0.6) is 5.75 Å². The first-order valence-corrected chi connectivity index (χ1v) is 7.65. The lowest BCUT2D eigenvalue weighted by Gasteiger charge is -2.32. The fourth-order valence-electron chi connectivity index (χ4n) is 2.39. The van der Waals surface area contributed by atoms with Gasteiger partial charge < -0.3 is 20.9 Å². The average Bonchev–Trinajstić information content (AvgIpc) is 2.69. The molecule has 1 aromatic heterocycles. The summed E-state index contributed by atoms with van der Waals surface area (Å²) in [7, 11) is 0. The van der Waals surface area contributed by atoms with Crippen molar-refractivity contribution >= 4 is 22.4 Å². The summed E-state index contributed by atoms with van der Waals surface area (Å²) in [5.41, 5.74) is 5.20. The van der Waals surface area contributed by atoms with Gasteiger partial charge >= 0.3 is 0 Å². The van der Waals surface area contributed by atoms with Gasteiger partial charge in [0.1, 0.15) is 0 Å². The molecule has 2 rings (SSSR count). The standard InChI is InChI=1S/C13H23N3O2S/c1-9(2)18-10-11(14)16-19-12(10)15-8-13(17)6-4-3-5-7-13/h9,15,17H,3-8H2,1-2H3,(H2,14,16). The second kappa shape index (κ2) is 5.96. The molecule has 0 unspecified atom stereocenters. The highest BCUT2D eigenvalue weighted by molar-refractivity contribution is 7.11. The smallest absolute Gasteiger partial charge is 0.197 e. The Balaban J connectivity index is 1.99. The molecular formula is C13H23N3O2S. The fraction of sp³-hybridized carbons (Fsp3) is 0.769. The quantitative estimate of drug-likeness (QED) is 0.775. The molecule has 1 heterocycles. The summed E-state index contributed by atoms with van der Waals surface area (Å²) >= 11 is 1.28. The Morgan fingerprint density at radius 1 is 1.42 bits per heavy atom. The molecular weight excluding hydrogens is 262 g/mol. The summed E-state index contributed by atoms with van der Waals surface area (Å²) in [6.07, 6.45) is 5.18. The van der Waals surface area contributed by atoms with E-state index in [9.17, 15) is 5.11 Å². The monoisotopic (exact) mass is 285 g/mol. The third-order valence-electron chi connectivity index (χ3n) is 3.39. The third kappa shape index (κ3) is 3.73. The minimum absolute atomic E-state index is 0.0528. The molecule has 1 aliphatic carbocycles. The largest absolute Gasteiger partial charge is 0.484 e. The highest BCUT2D eigenvalue weighted by Gasteiger charge is 2.29. The van der Waals surface area contributed by atoms with Crippen molar-refractivity contribution in [3.8, 4) is 5.75 Å². The summed E-state index contributed by atoms with van der Waals surface area (Å²) < 4.78 is 9.77. The van der Waals surface area contributed by atoms with Crippen LogP contribution in [0, 0.1) is 0 Å². The number of aromatic nitrogens is 1. The number of ether oxygens (including phenoxy) is 1. The third-order valence-corrected chi connectivity index (χ3v) is 4.19. The van der Waals surface area contributed by atoms with Crippen molar-refractivity contribution < 1.29 is 9.84 Å². The van der Waals surface area contributed by atoms with Crippen LogP contribution >= 0.6 is 11.5 Å². The number of nitrogens with one attached hydrogen (secondary N) is 1. The second-order valence-electron chi connectivity index (χ2n) is 5.53. The van der Waals surface area contributed by atoms with Crippen LogP contribution in [0.15, 0.2) is 0 Å². The summed E-state index contributed by atoms with van der Waals surface area (Å²) in [5, 5.41) is 14.5. The Kier molecular flexibility index (Phi) is 4.52. The van der Waals surface area contributed by atoms with Gasteiger partial charge in [0.2, 0.25) is 0 Å². The van der Waals surface area contributed by atoms with Crippen LogP contribution in [0.3, 0.4) is 0 Å². The highest BCUT2D eigenvalue weighted by Crippen LogP contribution is 2.37. The van der Waals surface area contributed by atoms with Crippen molar-refractivity contribution in [2.24, 2.45) is 0 Å². The topological polar surface area (TPSA) is 80.4 Å². The van der Waals surface area contributed by atoms with E-state index in [-0.39, 0.29) is 6.10 Å². The molecule has 1 aliphatic rings. The molecule has 0 atom stereocenters. The van der Waals surface area contributed by atoms with E-state index >= 15 is 0 Å². The maximum Gasteiger partial charge on any atom is 0.197 e. The Morgan fingerprint density at radius 3 is 2.74 bits per heavy atom. The van der Waals surface area contributed by atoms with Crippen molar-refractivity contribution in [3.05, 3.63) is 0 Å². The van der Waals surface area contributed by atoms with Crippen molar-refractivity contribution in [2.45, 2.75) is 57.7 Å². The zero-order chi connectivity index (χ0) is 13.9. The normalized spacial score (nSPS) is 18.5. The SMILES string of the molecule is CC(C)Oc1c(N)nsc1NCC1(O)CCCCC1. The first-order valence-electron chi connectivity index (χ1n) is 6.88. The predicted octanol–water partition coefficient (Wildman–Crippen LogP) is 2.62. The van der Waals surface area contributed by atoms with E-state index in [2.05, 4.69) is 9.69 Å². The molecule has 1 aromatic rings. The second-order valence-corrected chi connectivity index (χ2v) is 6.30. The molecule has 0 bridgehead atoms. The van der Waals surface area contributed by atoms with Crippen molar-refractivity contribution in [2.75, 3.05) is 17.6 Å². The molecule has 1 saturated carbocycles. The van der Waals surface area contributed by atoms with Gasteiger partial charge in [0, 0.05) is 6.54 Å². The first-order chi connectivity index (χ1) is 9.00. The number of nitrogens with zero attached hydrogens (tertiary/aromatic N) is 1. The van der Waals surface area contributed by atoms with Gasteiger partial charge in [0.05, 0.1) is 11.7 Å². The summed E-state index contributed by atoms with van der Waals surface area (Å²) in [6, 6.07) is 0. The zero-order valence-corrected chi connectivity index (χ0v) is 12.4. The van der Waals surface area contributed by atoms with Gasteiger partial charge in [-0.25, -0.2) is 0 Å². The number of nitrogen functional groups attached to an aromatic ring is 1. The Hall–Kier alpha value is -1.01. The Bertz CT molecular complexity index is 414. The molecule has 5 nitrogen and oxygen atoms in total. The van der Waals surface area contributed by atoms with Gasteiger partial charge in [-0.05, 0) is 38.2 Å². The molecule has 0 spiro atoms. The number of rotatable bonds is 5. The number of anilines is 2. The van der Waals surface area contributed by atoms with E-state index in [1.165, 1.54) is 18.0 Å². The molecule has 19 heavy (non-hydrogen) atoms. The lowest BCUT2D eigenvalue weighted by Crippen LogP contribution is -2.38. The highest BCUT2D eigenvalue weighted by atomic mass is 32.1. The van der Waals surface area contributed by atoms with Crippen LogP contribution in [-0.4, -0.2) is 27.7 Å². The summed E-state index contributed by atoms with van der Waals surface area (Å²) in [6.45, 7) is 4.44. The Labute approximate surface area is 118 Å². The molecule has 1 fully saturated rings. The van der Waals surface area contributed by atoms with Crippen LogP contribution in [-0.2, 0) is 0 Å². The molecule has 0 amide bonds. The number of aliphatic hydroxyl groups is 1. The lowest BCUT2D eigenvalue weighted by atomic mass is 9.85.